The molecule has 0 aliphatic heterocycles. The fourth-order valence-corrected chi connectivity index (χ4v) is 5.32. The molecule has 0 saturated heterocycles. The molecule has 4 rings (SSSR count). The first-order valence-corrected chi connectivity index (χ1v) is 11.2. The van der Waals surface area contributed by atoms with Crippen LogP contribution < -0.4 is 11.1 Å². The number of rotatable bonds is 5. The van der Waals surface area contributed by atoms with E-state index in [1.165, 1.54) is 11.4 Å². The second-order valence-electron chi connectivity index (χ2n) is 8.06. The fraction of sp³-hybridized carbons (Fsp3) is 0.348. The van der Waals surface area contributed by atoms with Gasteiger partial charge in [-0.25, -0.2) is 13.8 Å². The van der Waals surface area contributed by atoms with Gasteiger partial charge in [0.05, 0.1) is 23.6 Å². The summed E-state index contributed by atoms with van der Waals surface area (Å²) in [5.41, 5.74) is 7.69. The predicted octanol–water partition coefficient (Wildman–Crippen LogP) is 4.59. The van der Waals surface area contributed by atoms with Gasteiger partial charge >= 0.3 is 0 Å². The van der Waals surface area contributed by atoms with Gasteiger partial charge in [0.2, 0.25) is 0 Å². The summed E-state index contributed by atoms with van der Waals surface area (Å²) in [6, 6.07) is 5.37. The zero-order valence-electron chi connectivity index (χ0n) is 17.7. The Bertz CT molecular complexity index is 1090. The van der Waals surface area contributed by atoms with Crippen molar-refractivity contribution in [2.45, 2.75) is 37.8 Å². The number of nitrogens with zero attached hydrogens (tertiary/aromatic N) is 2. The molecule has 2 aromatic heterocycles. The molecule has 1 aliphatic carbocycles. The van der Waals surface area contributed by atoms with Crippen molar-refractivity contribution in [3.8, 4) is 10.6 Å². The second-order valence-corrected chi connectivity index (χ2v) is 8.92. The van der Waals surface area contributed by atoms with E-state index in [-0.39, 0.29) is 40.2 Å². The normalized spacial score (nSPS) is 23.2. The number of nitrogens with two attached hydrogens (primary N) is 1. The Morgan fingerprint density at radius 3 is 2.69 bits per heavy atom. The number of carbonyl (C=O) groups is 1. The summed E-state index contributed by atoms with van der Waals surface area (Å²) in [4.78, 5) is 21.2. The summed E-state index contributed by atoms with van der Waals surface area (Å²) in [7, 11) is 1.68. The first-order valence-electron chi connectivity index (χ1n) is 10.3. The van der Waals surface area contributed by atoms with E-state index >= 15 is 0 Å². The Morgan fingerprint density at radius 1 is 1.25 bits per heavy atom. The van der Waals surface area contributed by atoms with Crippen LogP contribution >= 0.6 is 11.3 Å². The lowest BCUT2D eigenvalue weighted by Gasteiger charge is -2.38. The van der Waals surface area contributed by atoms with Gasteiger partial charge in [-0.05, 0) is 48.4 Å². The number of ether oxygens (including phenoxy) is 1. The van der Waals surface area contributed by atoms with E-state index in [0.717, 1.165) is 41.9 Å². The van der Waals surface area contributed by atoms with Gasteiger partial charge in [-0.1, -0.05) is 13.0 Å². The van der Waals surface area contributed by atoms with Crippen LogP contribution in [0.3, 0.4) is 0 Å². The number of hydrogen-bond acceptors (Lipinski definition) is 6. The number of thiazole rings is 1. The molecule has 0 radical (unpaired) electrons. The van der Waals surface area contributed by atoms with E-state index in [2.05, 4.69) is 22.2 Å². The first kappa shape index (κ1) is 22.4. The number of aromatic nitrogens is 2. The molecule has 3 aromatic rings. The van der Waals surface area contributed by atoms with Crippen LogP contribution in [0.4, 0.5) is 14.5 Å². The average Bonchev–Trinajstić information content (AvgIpc) is 3.24. The lowest BCUT2D eigenvalue weighted by Crippen LogP contribution is -2.45. The lowest BCUT2D eigenvalue weighted by molar-refractivity contribution is 0.00983. The molecule has 1 aliphatic rings. The number of nitrogens with one attached hydrogen (secondary N) is 1. The summed E-state index contributed by atoms with van der Waals surface area (Å²) in [5, 5.41) is 4.44. The molecule has 4 atom stereocenters. The maximum absolute atomic E-state index is 14.1. The van der Waals surface area contributed by atoms with Gasteiger partial charge in [0.1, 0.15) is 22.3 Å². The smallest absolute Gasteiger partial charge is 0.275 e. The van der Waals surface area contributed by atoms with Gasteiger partial charge < -0.3 is 15.8 Å². The van der Waals surface area contributed by atoms with Gasteiger partial charge in [0.15, 0.2) is 0 Å². The molecule has 9 heteroatoms. The van der Waals surface area contributed by atoms with Crippen LogP contribution in [0.15, 0.2) is 42.0 Å². The second kappa shape index (κ2) is 9.40. The molecular formula is C23H24F2N4O2S. The number of anilines is 1. The van der Waals surface area contributed by atoms with E-state index in [1.54, 1.807) is 19.5 Å². The van der Waals surface area contributed by atoms with Crippen molar-refractivity contribution in [2.24, 2.45) is 11.7 Å². The van der Waals surface area contributed by atoms with E-state index < -0.39 is 17.5 Å². The van der Waals surface area contributed by atoms with Crippen LogP contribution in [0.5, 0.6) is 0 Å². The largest absolute Gasteiger partial charge is 0.380 e. The molecule has 1 saturated carbocycles. The molecule has 3 N–H and O–H groups in total. The molecule has 168 valence electrons. The number of halogens is 2. The summed E-state index contributed by atoms with van der Waals surface area (Å²) >= 11 is 1.01. The van der Waals surface area contributed by atoms with E-state index in [4.69, 9.17) is 10.5 Å². The van der Waals surface area contributed by atoms with Crippen LogP contribution in [0.1, 0.15) is 41.7 Å². The molecule has 0 bridgehead atoms. The third-order valence-corrected chi connectivity index (χ3v) is 6.78. The molecule has 1 fully saturated rings. The zero-order valence-corrected chi connectivity index (χ0v) is 18.5. The molecule has 4 unspecified atom stereocenters. The van der Waals surface area contributed by atoms with Crippen LogP contribution in [0.2, 0.25) is 0 Å². The highest BCUT2D eigenvalue weighted by Crippen LogP contribution is 2.39. The molecule has 1 aromatic carbocycles. The molecule has 1 amide bonds. The van der Waals surface area contributed by atoms with Crippen molar-refractivity contribution < 1.29 is 18.3 Å². The van der Waals surface area contributed by atoms with Crippen molar-refractivity contribution >= 4 is 22.9 Å². The Balaban J connectivity index is 1.55. The van der Waals surface area contributed by atoms with Crippen LogP contribution in [-0.4, -0.2) is 35.1 Å². The zero-order chi connectivity index (χ0) is 22.8. The van der Waals surface area contributed by atoms with Crippen molar-refractivity contribution in [3.63, 3.8) is 0 Å². The van der Waals surface area contributed by atoms with Crippen molar-refractivity contribution in [3.05, 3.63) is 64.9 Å². The van der Waals surface area contributed by atoms with Gasteiger partial charge in [-0.3, -0.25) is 9.78 Å². The minimum atomic E-state index is -0.724. The highest BCUT2D eigenvalue weighted by atomic mass is 32.1. The lowest BCUT2D eigenvalue weighted by atomic mass is 9.74. The molecule has 32 heavy (non-hydrogen) atoms. The van der Waals surface area contributed by atoms with E-state index in [1.807, 2.05) is 6.07 Å². The summed E-state index contributed by atoms with van der Waals surface area (Å²) < 4.78 is 33.7. The van der Waals surface area contributed by atoms with Crippen molar-refractivity contribution in [2.75, 3.05) is 12.4 Å². The number of carbonyl (C=O) groups excluding carboxylic acids is 1. The van der Waals surface area contributed by atoms with Gasteiger partial charge in [0.25, 0.3) is 5.91 Å². The topological polar surface area (TPSA) is 90.1 Å². The summed E-state index contributed by atoms with van der Waals surface area (Å²) in [6.07, 6.45) is 4.87. The maximum Gasteiger partial charge on any atom is 0.275 e. The van der Waals surface area contributed by atoms with E-state index in [0.29, 0.717) is 5.69 Å². The highest BCUT2D eigenvalue weighted by molar-refractivity contribution is 7.13. The molecule has 0 spiro atoms. The monoisotopic (exact) mass is 458 g/mol. The number of pyridine rings is 1. The predicted molar refractivity (Wildman–Crippen MR) is 120 cm³/mol. The first-order chi connectivity index (χ1) is 15.4. The molecule has 6 nitrogen and oxygen atoms in total. The van der Waals surface area contributed by atoms with Gasteiger partial charge in [-0.2, -0.15) is 0 Å². The van der Waals surface area contributed by atoms with Crippen LogP contribution in [0, 0.1) is 17.6 Å². The molecular weight excluding hydrogens is 434 g/mol. The Labute approximate surface area is 188 Å². The standard InChI is InChI=1S/C23H24F2N4O2S/c1-12-8-13(9-17(26)21(12)31-2)14-6-7-27-10-18(14)28-22(30)19-11-32-23(29-19)20-15(24)4-3-5-16(20)25/h3-7,10-13,17,21H,8-9,26H2,1-2H3,(H,28,30). The van der Waals surface area contributed by atoms with Crippen LogP contribution in [0.25, 0.3) is 10.6 Å². The molecule has 2 heterocycles. The minimum Gasteiger partial charge on any atom is -0.380 e. The third-order valence-electron chi connectivity index (χ3n) is 5.92. The number of benzene rings is 1. The number of hydrogen-bond donors (Lipinski definition) is 2. The van der Waals surface area contributed by atoms with Gasteiger partial charge in [0, 0.05) is 24.7 Å². The Morgan fingerprint density at radius 2 is 2.00 bits per heavy atom. The Hall–Kier alpha value is -2.75. The maximum atomic E-state index is 14.1. The highest BCUT2D eigenvalue weighted by Gasteiger charge is 2.35. The summed E-state index contributed by atoms with van der Waals surface area (Å²) in [5.74, 6) is -1.51. The van der Waals surface area contributed by atoms with Crippen LogP contribution in [-0.2, 0) is 4.74 Å². The van der Waals surface area contributed by atoms with Crippen molar-refractivity contribution in [1.29, 1.82) is 0 Å². The minimum absolute atomic E-state index is 0.00154. The fourth-order valence-electron chi connectivity index (χ4n) is 4.47. The Kier molecular flexibility index (Phi) is 6.59. The van der Waals surface area contributed by atoms with Gasteiger partial charge in [-0.15, -0.1) is 11.3 Å². The quantitative estimate of drug-likeness (QED) is 0.584. The summed E-state index contributed by atoms with van der Waals surface area (Å²) in [6.45, 7) is 2.11. The average molecular weight is 459 g/mol. The van der Waals surface area contributed by atoms with Crippen molar-refractivity contribution in [1.82, 2.24) is 9.97 Å². The number of methoxy groups -OCH3 is 1. The SMILES string of the molecule is COC1C(C)CC(c2ccncc2NC(=O)c2csc(-c3c(F)cccc3F)n2)CC1N. The third kappa shape index (κ3) is 4.41. The number of amides is 1. The van der Waals surface area contributed by atoms with E-state index in [9.17, 15) is 13.6 Å².